The Balaban J connectivity index is 1.48. The molecule has 0 atom stereocenters. The second kappa shape index (κ2) is 10.3. The molecule has 0 radical (unpaired) electrons. The zero-order valence-electron chi connectivity index (χ0n) is 21.8. The Labute approximate surface area is 222 Å². The summed E-state index contributed by atoms with van der Waals surface area (Å²) in [5.74, 6) is 2.26. The average Bonchev–Trinajstić information content (AvgIpc) is 3.19. The number of halogens is 1. The zero-order valence-corrected chi connectivity index (χ0v) is 22.5. The number of nitrogens with one attached hydrogen (secondary N) is 1. The quantitative estimate of drug-likeness (QED) is 0.349. The van der Waals surface area contributed by atoms with E-state index in [9.17, 15) is 5.11 Å². The first kappa shape index (κ1) is 25.4. The topological polar surface area (TPSA) is 90.6 Å². The van der Waals surface area contributed by atoms with Crippen LogP contribution in [0.1, 0.15) is 30.9 Å². The molecule has 0 aliphatic carbocycles. The van der Waals surface area contributed by atoms with E-state index in [0.717, 1.165) is 71.0 Å². The molecule has 4 aromatic rings. The van der Waals surface area contributed by atoms with E-state index in [1.807, 2.05) is 58.0 Å². The van der Waals surface area contributed by atoms with Crippen LogP contribution in [-0.4, -0.2) is 63.5 Å². The number of rotatable bonds is 7. The minimum Gasteiger partial charge on any atom is -0.389 e. The third-order valence-electron chi connectivity index (χ3n) is 6.62. The molecule has 0 unspecified atom stereocenters. The highest BCUT2D eigenvalue weighted by molar-refractivity contribution is 6.30. The summed E-state index contributed by atoms with van der Waals surface area (Å²) < 4.78 is 5.41. The number of benzene rings is 2. The van der Waals surface area contributed by atoms with Crippen molar-refractivity contribution in [3.05, 3.63) is 64.5 Å². The summed E-state index contributed by atoms with van der Waals surface area (Å²) in [6, 6.07) is 14.0. The van der Waals surface area contributed by atoms with Gasteiger partial charge in [0.2, 0.25) is 5.95 Å². The minimum atomic E-state index is -0.710. The SMILES string of the molecule is Cc1noc(C)c1-c1ccc2nc(N3CCN(CC(C)(C)O)CC3)nc(NCc3cccc(Cl)c3)c2c1. The first-order chi connectivity index (χ1) is 17.7. The Morgan fingerprint density at radius 2 is 1.84 bits per heavy atom. The highest BCUT2D eigenvalue weighted by Crippen LogP contribution is 2.33. The van der Waals surface area contributed by atoms with E-state index in [1.54, 1.807) is 0 Å². The third kappa shape index (κ3) is 5.87. The van der Waals surface area contributed by atoms with Gasteiger partial charge in [-0.25, -0.2) is 4.98 Å². The van der Waals surface area contributed by atoms with Crippen molar-refractivity contribution < 1.29 is 9.63 Å². The Bertz CT molecular complexity index is 1390. The van der Waals surface area contributed by atoms with Crippen LogP contribution in [0.15, 0.2) is 47.0 Å². The fourth-order valence-electron chi connectivity index (χ4n) is 4.93. The van der Waals surface area contributed by atoms with Gasteiger partial charge in [0.05, 0.1) is 16.8 Å². The number of fused-ring (bicyclic) bond motifs is 1. The molecule has 2 aromatic carbocycles. The predicted molar refractivity (Wildman–Crippen MR) is 148 cm³/mol. The summed E-state index contributed by atoms with van der Waals surface area (Å²) in [4.78, 5) is 14.4. The van der Waals surface area contributed by atoms with E-state index in [-0.39, 0.29) is 0 Å². The van der Waals surface area contributed by atoms with Crippen molar-refractivity contribution in [1.82, 2.24) is 20.0 Å². The number of β-amino-alcohol motifs (C(OH)–C–C–N with tert-alkyl or cyclic N) is 1. The summed E-state index contributed by atoms with van der Waals surface area (Å²) >= 11 is 6.21. The Kier molecular flexibility index (Phi) is 7.07. The molecule has 0 bridgehead atoms. The summed E-state index contributed by atoms with van der Waals surface area (Å²) in [6.07, 6.45) is 0. The molecule has 2 N–H and O–H groups in total. The summed E-state index contributed by atoms with van der Waals surface area (Å²) in [7, 11) is 0. The molecule has 1 fully saturated rings. The van der Waals surface area contributed by atoms with Crippen molar-refractivity contribution in [3.8, 4) is 11.1 Å². The van der Waals surface area contributed by atoms with Gasteiger partial charge in [0.1, 0.15) is 11.6 Å². The van der Waals surface area contributed by atoms with E-state index in [4.69, 9.17) is 26.1 Å². The van der Waals surface area contributed by atoms with Gasteiger partial charge >= 0.3 is 0 Å². The molecule has 1 saturated heterocycles. The average molecular weight is 521 g/mol. The summed E-state index contributed by atoms with van der Waals surface area (Å²) in [5, 5.41) is 19.5. The number of piperazine rings is 1. The van der Waals surface area contributed by atoms with Crippen molar-refractivity contribution in [2.24, 2.45) is 0 Å². The molecular formula is C28H33ClN6O2. The van der Waals surface area contributed by atoms with Gasteiger partial charge in [-0.15, -0.1) is 0 Å². The van der Waals surface area contributed by atoms with Crippen LogP contribution in [0.25, 0.3) is 22.0 Å². The van der Waals surface area contributed by atoms with E-state index in [1.165, 1.54) is 0 Å². The van der Waals surface area contributed by atoms with Crippen molar-refractivity contribution in [1.29, 1.82) is 0 Å². The van der Waals surface area contributed by atoms with Crippen LogP contribution in [0.4, 0.5) is 11.8 Å². The monoisotopic (exact) mass is 520 g/mol. The molecule has 3 heterocycles. The lowest BCUT2D eigenvalue weighted by molar-refractivity contribution is 0.0344. The second-order valence-corrected chi connectivity index (χ2v) is 10.8. The lowest BCUT2D eigenvalue weighted by atomic mass is 10.0. The predicted octanol–water partition coefficient (Wildman–Crippen LogP) is 5.06. The van der Waals surface area contributed by atoms with Crippen LogP contribution < -0.4 is 10.2 Å². The van der Waals surface area contributed by atoms with Gasteiger partial charge in [-0.1, -0.05) is 35.0 Å². The van der Waals surface area contributed by atoms with Crippen molar-refractivity contribution >= 4 is 34.3 Å². The molecule has 0 amide bonds. The van der Waals surface area contributed by atoms with E-state index in [2.05, 4.69) is 32.4 Å². The first-order valence-electron chi connectivity index (χ1n) is 12.6. The molecule has 2 aromatic heterocycles. The van der Waals surface area contributed by atoms with Crippen molar-refractivity contribution in [3.63, 3.8) is 0 Å². The molecule has 0 saturated carbocycles. The fraction of sp³-hybridized carbons (Fsp3) is 0.393. The lowest BCUT2D eigenvalue weighted by Gasteiger charge is -2.37. The normalized spacial score (nSPS) is 14.9. The fourth-order valence-corrected chi connectivity index (χ4v) is 5.14. The summed E-state index contributed by atoms with van der Waals surface area (Å²) in [6.45, 7) is 12.1. The Morgan fingerprint density at radius 1 is 1.05 bits per heavy atom. The molecule has 5 rings (SSSR count). The van der Waals surface area contributed by atoms with Gasteiger partial charge in [-0.2, -0.15) is 4.98 Å². The van der Waals surface area contributed by atoms with Crippen molar-refractivity contribution in [2.45, 2.75) is 39.8 Å². The highest BCUT2D eigenvalue weighted by atomic mass is 35.5. The van der Waals surface area contributed by atoms with Crippen LogP contribution in [0, 0.1) is 13.8 Å². The number of aryl methyl sites for hydroxylation is 2. The van der Waals surface area contributed by atoms with Gasteiger partial charge in [0, 0.05) is 55.2 Å². The minimum absolute atomic E-state index is 0.584. The molecule has 1 aliphatic rings. The van der Waals surface area contributed by atoms with Gasteiger partial charge in [-0.3, -0.25) is 4.90 Å². The largest absolute Gasteiger partial charge is 0.389 e. The van der Waals surface area contributed by atoms with Gasteiger partial charge in [0.15, 0.2) is 0 Å². The maximum Gasteiger partial charge on any atom is 0.227 e. The lowest BCUT2D eigenvalue weighted by Crippen LogP contribution is -2.50. The van der Waals surface area contributed by atoms with Crippen LogP contribution >= 0.6 is 11.6 Å². The first-order valence-corrected chi connectivity index (χ1v) is 13.0. The number of nitrogens with zero attached hydrogens (tertiary/aromatic N) is 5. The molecule has 9 heteroatoms. The Morgan fingerprint density at radius 3 is 2.51 bits per heavy atom. The number of aliphatic hydroxyl groups is 1. The standard InChI is InChI=1S/C28H33ClN6O2/c1-18-25(19(2)37-33-18)21-8-9-24-23(15-21)26(30-16-20-6-5-7-22(29)14-20)32-27(31-24)35-12-10-34(11-13-35)17-28(3,4)36/h5-9,14-15,36H,10-13,16-17H2,1-4H3,(H,30,31,32). The molecule has 194 valence electrons. The van der Waals surface area contributed by atoms with Gasteiger partial charge in [0.25, 0.3) is 0 Å². The van der Waals surface area contributed by atoms with Crippen LogP contribution in [0.2, 0.25) is 5.02 Å². The smallest absolute Gasteiger partial charge is 0.227 e. The molecule has 1 aliphatic heterocycles. The van der Waals surface area contributed by atoms with Crippen LogP contribution in [0.3, 0.4) is 0 Å². The van der Waals surface area contributed by atoms with E-state index in [0.29, 0.717) is 24.1 Å². The van der Waals surface area contributed by atoms with Crippen LogP contribution in [-0.2, 0) is 6.54 Å². The molecule has 8 nitrogen and oxygen atoms in total. The second-order valence-electron chi connectivity index (χ2n) is 10.4. The van der Waals surface area contributed by atoms with Crippen LogP contribution in [0.5, 0.6) is 0 Å². The number of anilines is 2. The maximum atomic E-state index is 10.2. The van der Waals surface area contributed by atoms with Gasteiger partial charge < -0.3 is 19.8 Å². The van der Waals surface area contributed by atoms with E-state index < -0.39 is 5.60 Å². The molecule has 37 heavy (non-hydrogen) atoms. The number of hydrogen-bond donors (Lipinski definition) is 2. The third-order valence-corrected chi connectivity index (χ3v) is 6.86. The Hall–Kier alpha value is -3.20. The highest BCUT2D eigenvalue weighted by Gasteiger charge is 2.25. The molecular weight excluding hydrogens is 488 g/mol. The van der Waals surface area contributed by atoms with Crippen molar-refractivity contribution in [2.75, 3.05) is 42.9 Å². The van der Waals surface area contributed by atoms with E-state index >= 15 is 0 Å². The maximum absolute atomic E-state index is 10.2. The van der Waals surface area contributed by atoms with Gasteiger partial charge in [-0.05, 0) is 63.1 Å². The number of hydrogen-bond acceptors (Lipinski definition) is 8. The summed E-state index contributed by atoms with van der Waals surface area (Å²) in [5.41, 5.74) is 4.10. The molecule has 0 spiro atoms. The zero-order chi connectivity index (χ0) is 26.2. The number of aromatic nitrogens is 3.